The van der Waals surface area contributed by atoms with E-state index in [9.17, 15) is 10.4 Å². The minimum absolute atomic E-state index is 0.0235. The van der Waals surface area contributed by atoms with Crippen LogP contribution in [0.3, 0.4) is 0 Å². The van der Waals surface area contributed by atoms with E-state index in [1.54, 1.807) is 5.48 Å². The number of anilines is 1. The summed E-state index contributed by atoms with van der Waals surface area (Å²) in [6.45, 7) is 1.40. The first-order chi connectivity index (χ1) is 6.97. The van der Waals surface area contributed by atoms with Crippen molar-refractivity contribution in [3.05, 3.63) is 28.1 Å². The minimum Gasteiger partial charge on any atom is -0.595 e. The van der Waals surface area contributed by atoms with Crippen LogP contribution in [0.4, 0.5) is 17.1 Å². The maximum Gasteiger partial charge on any atom is 0.175 e. The minimum atomic E-state index is -1.24. The highest BCUT2D eigenvalue weighted by atomic mass is 16.8. The van der Waals surface area contributed by atoms with Crippen molar-refractivity contribution in [1.82, 2.24) is 0 Å². The van der Waals surface area contributed by atoms with Gasteiger partial charge in [-0.05, 0) is 6.92 Å². The summed E-state index contributed by atoms with van der Waals surface area (Å²) in [6.07, 6.45) is 0. The van der Waals surface area contributed by atoms with Crippen LogP contribution in [0.5, 0.6) is 0 Å². The molecule has 0 saturated heterocycles. The molecule has 0 bridgehead atoms. The van der Waals surface area contributed by atoms with E-state index in [2.05, 4.69) is 0 Å². The van der Waals surface area contributed by atoms with Gasteiger partial charge in [0.25, 0.3) is 0 Å². The van der Waals surface area contributed by atoms with E-state index in [0.29, 0.717) is 0 Å². The zero-order valence-corrected chi connectivity index (χ0v) is 7.81. The van der Waals surface area contributed by atoms with Gasteiger partial charge >= 0.3 is 0 Å². The van der Waals surface area contributed by atoms with Gasteiger partial charge in [-0.25, -0.2) is 10.4 Å². The van der Waals surface area contributed by atoms with Gasteiger partial charge in [-0.1, -0.05) is 0 Å². The lowest BCUT2D eigenvalue weighted by atomic mass is 10.1. The summed E-state index contributed by atoms with van der Waals surface area (Å²) >= 11 is 0. The number of benzene rings is 1. The Morgan fingerprint density at radius 2 is 1.53 bits per heavy atom. The predicted molar refractivity (Wildman–Crippen MR) is 48.1 cm³/mol. The Morgan fingerprint density at radius 3 is 1.80 bits per heavy atom. The summed E-state index contributed by atoms with van der Waals surface area (Å²) in [7, 11) is 0. The van der Waals surface area contributed by atoms with Gasteiger partial charge < -0.3 is 10.4 Å². The number of rotatable bonds is 3. The quantitative estimate of drug-likeness (QED) is 0.346. The van der Waals surface area contributed by atoms with Crippen molar-refractivity contribution in [2.45, 2.75) is 6.92 Å². The van der Waals surface area contributed by atoms with Gasteiger partial charge in [0.1, 0.15) is 0 Å². The van der Waals surface area contributed by atoms with Crippen LogP contribution in [0.2, 0.25) is 0 Å². The van der Waals surface area contributed by atoms with Crippen LogP contribution in [0.25, 0.3) is 0 Å². The highest BCUT2D eigenvalue weighted by Crippen LogP contribution is 2.23. The molecule has 2 atom stereocenters. The second kappa shape index (κ2) is 4.51. The van der Waals surface area contributed by atoms with E-state index in [1.807, 2.05) is 0 Å². The van der Waals surface area contributed by atoms with Gasteiger partial charge in [-0.15, -0.1) is 0 Å². The van der Waals surface area contributed by atoms with Gasteiger partial charge in [0.15, 0.2) is 11.4 Å². The van der Waals surface area contributed by atoms with E-state index in [4.69, 9.17) is 15.6 Å². The molecule has 0 fully saturated rings. The van der Waals surface area contributed by atoms with E-state index in [1.165, 1.54) is 6.92 Å². The van der Waals surface area contributed by atoms with Crippen LogP contribution in [0.15, 0.2) is 12.1 Å². The average molecular weight is 217 g/mol. The lowest BCUT2D eigenvalue weighted by molar-refractivity contribution is -0.996. The molecule has 0 aliphatic carbocycles. The molecule has 0 heterocycles. The Kier molecular flexibility index (Phi) is 3.55. The molecule has 84 valence electrons. The van der Waals surface area contributed by atoms with Crippen molar-refractivity contribution in [1.29, 1.82) is 0 Å². The first-order valence-electron chi connectivity index (χ1n) is 3.98. The Morgan fingerprint density at radius 1 is 1.13 bits per heavy atom. The Labute approximate surface area is 84.6 Å². The molecular weight excluding hydrogens is 206 g/mol. The molecule has 0 saturated carbocycles. The molecule has 0 spiro atoms. The average Bonchev–Trinajstić information content (AvgIpc) is 2.17. The summed E-state index contributed by atoms with van der Waals surface area (Å²) < 4.78 is 0. The van der Waals surface area contributed by atoms with Crippen molar-refractivity contribution in [2.75, 3.05) is 5.48 Å². The van der Waals surface area contributed by atoms with E-state index < -0.39 is 10.5 Å². The second-order valence-corrected chi connectivity index (χ2v) is 2.92. The third kappa shape index (κ3) is 2.40. The predicted octanol–water partition coefficient (Wildman–Crippen LogP) is -1.40. The zero-order chi connectivity index (χ0) is 11.6. The highest BCUT2D eigenvalue weighted by Gasteiger charge is 2.16. The highest BCUT2D eigenvalue weighted by molar-refractivity contribution is 5.62. The molecule has 0 radical (unpaired) electrons. The smallest absolute Gasteiger partial charge is 0.175 e. The second-order valence-electron chi connectivity index (χ2n) is 2.92. The summed E-state index contributed by atoms with van der Waals surface area (Å²) in [6, 6.07) is 2.31. The first kappa shape index (κ1) is 11.8. The standard InChI is InChI=1S/C7H11N3O5/c1-4-6(9(12)13)2-5(8-11)3-7(4)10(14)15/h2-3,8-12,14H,1H3. The van der Waals surface area contributed by atoms with Crippen molar-refractivity contribution in [3.8, 4) is 0 Å². The largest absolute Gasteiger partial charge is 0.595 e. The van der Waals surface area contributed by atoms with E-state index in [0.717, 1.165) is 12.1 Å². The van der Waals surface area contributed by atoms with Gasteiger partial charge in [0.2, 0.25) is 0 Å². The number of quaternary nitrogens is 2. The molecule has 8 nitrogen and oxygen atoms in total. The molecule has 1 aromatic rings. The maximum absolute atomic E-state index is 10.8. The molecule has 15 heavy (non-hydrogen) atoms. The molecule has 0 aliphatic rings. The number of hydrogen-bond donors (Lipinski definition) is 6. The fraction of sp³-hybridized carbons (Fsp3) is 0.143. The fourth-order valence-corrected chi connectivity index (χ4v) is 1.22. The van der Waals surface area contributed by atoms with Crippen LogP contribution in [-0.4, -0.2) is 15.6 Å². The molecule has 0 amide bonds. The van der Waals surface area contributed by atoms with Crippen molar-refractivity contribution < 1.29 is 26.1 Å². The lowest BCUT2D eigenvalue weighted by Crippen LogP contribution is -3.01. The van der Waals surface area contributed by atoms with Gasteiger partial charge in [-0.2, -0.15) is 10.5 Å². The zero-order valence-electron chi connectivity index (χ0n) is 7.81. The summed E-state index contributed by atoms with van der Waals surface area (Å²) in [4.78, 5) is 0. The van der Waals surface area contributed by atoms with E-state index >= 15 is 0 Å². The van der Waals surface area contributed by atoms with Gasteiger partial charge in [0.05, 0.1) is 11.3 Å². The van der Waals surface area contributed by atoms with Crippen molar-refractivity contribution in [3.63, 3.8) is 0 Å². The van der Waals surface area contributed by atoms with Crippen LogP contribution in [0.1, 0.15) is 5.56 Å². The molecule has 0 aromatic heterocycles. The SMILES string of the molecule is Cc1c([NH+]([O-])O)cc(NO)cc1[NH+]([O-])O. The first-order valence-corrected chi connectivity index (χ1v) is 3.98. The molecule has 1 rings (SSSR count). The lowest BCUT2D eigenvalue weighted by Gasteiger charge is -2.19. The number of hydrogen-bond acceptors (Lipinski definition) is 6. The Balaban J connectivity index is 3.33. The van der Waals surface area contributed by atoms with E-state index in [-0.39, 0.29) is 22.6 Å². The van der Waals surface area contributed by atoms with Crippen LogP contribution >= 0.6 is 0 Å². The maximum atomic E-state index is 10.8. The normalized spacial score (nSPS) is 14.8. The van der Waals surface area contributed by atoms with Crippen molar-refractivity contribution >= 4 is 17.1 Å². The van der Waals surface area contributed by atoms with Gasteiger partial charge in [-0.3, -0.25) is 10.7 Å². The summed E-state index contributed by atoms with van der Waals surface area (Å²) in [5.74, 6) is 0. The molecular formula is C7H11N3O5. The third-order valence-corrected chi connectivity index (χ3v) is 2.00. The summed E-state index contributed by atoms with van der Waals surface area (Å²) in [5, 5.41) is 45.2. The van der Waals surface area contributed by atoms with Crippen LogP contribution in [0, 0.1) is 17.3 Å². The molecule has 1 aromatic carbocycles. The summed E-state index contributed by atoms with van der Waals surface area (Å²) in [5.41, 5.74) is 1.57. The molecule has 2 unspecified atom stereocenters. The molecule has 0 aliphatic heterocycles. The molecule has 8 heteroatoms. The van der Waals surface area contributed by atoms with Crippen LogP contribution in [-0.2, 0) is 0 Å². The fourth-order valence-electron chi connectivity index (χ4n) is 1.22. The topological polar surface area (TPSA) is 128 Å². The monoisotopic (exact) mass is 217 g/mol. The Hall–Kier alpha value is -1.26. The third-order valence-electron chi connectivity index (χ3n) is 2.00. The Bertz CT molecular complexity index is 325. The molecule has 6 N–H and O–H groups in total. The van der Waals surface area contributed by atoms with Gasteiger partial charge in [0, 0.05) is 12.1 Å². The van der Waals surface area contributed by atoms with Crippen LogP contribution < -0.4 is 15.9 Å². The number of nitrogens with one attached hydrogen (secondary N) is 3. The van der Waals surface area contributed by atoms with Crippen molar-refractivity contribution in [2.24, 2.45) is 0 Å².